The highest BCUT2D eigenvalue weighted by Crippen LogP contribution is 2.36. The minimum atomic E-state index is -3.25. The van der Waals surface area contributed by atoms with Crippen LogP contribution < -0.4 is 0 Å². The second-order valence-electron chi connectivity index (χ2n) is 5.69. The van der Waals surface area contributed by atoms with E-state index in [9.17, 15) is 13.0 Å². The van der Waals surface area contributed by atoms with E-state index in [1.807, 2.05) is 12.1 Å². The van der Waals surface area contributed by atoms with E-state index in [1.54, 1.807) is 25.5 Å². The Hall–Kier alpha value is -0.600. The summed E-state index contributed by atoms with van der Waals surface area (Å²) in [6.07, 6.45) is 0.939. The maximum Gasteiger partial charge on any atom is 0.178 e. The van der Waals surface area contributed by atoms with Gasteiger partial charge in [0.05, 0.1) is 17.8 Å². The molecule has 0 atom stereocenters. The van der Waals surface area contributed by atoms with Gasteiger partial charge in [-0.15, -0.1) is 0 Å². The minimum Gasteiger partial charge on any atom is -0.324 e. The van der Waals surface area contributed by atoms with E-state index in [0.29, 0.717) is 23.4 Å². The summed E-state index contributed by atoms with van der Waals surface area (Å²) >= 11 is 0. The van der Waals surface area contributed by atoms with E-state index in [1.165, 1.54) is 0 Å². The van der Waals surface area contributed by atoms with E-state index in [4.69, 9.17) is 0 Å². The molecular formula is C14H23O3PS. The molecule has 0 saturated heterocycles. The van der Waals surface area contributed by atoms with Crippen LogP contribution in [0.3, 0.4) is 0 Å². The Morgan fingerprint density at radius 2 is 1.63 bits per heavy atom. The van der Waals surface area contributed by atoms with E-state index in [2.05, 4.69) is 13.8 Å². The molecule has 0 aliphatic carbocycles. The minimum absolute atomic E-state index is 0.0691. The molecule has 0 radical (unpaired) electrons. The van der Waals surface area contributed by atoms with Crippen molar-refractivity contribution >= 4 is 17.0 Å². The van der Waals surface area contributed by atoms with Gasteiger partial charge in [0.1, 0.15) is 0 Å². The van der Waals surface area contributed by atoms with Crippen molar-refractivity contribution in [3.8, 4) is 0 Å². The van der Waals surface area contributed by atoms with Crippen LogP contribution in [0.25, 0.3) is 0 Å². The van der Waals surface area contributed by atoms with Crippen molar-refractivity contribution in [2.75, 3.05) is 25.2 Å². The van der Waals surface area contributed by atoms with Gasteiger partial charge >= 0.3 is 0 Å². The quantitative estimate of drug-likeness (QED) is 0.754. The smallest absolute Gasteiger partial charge is 0.178 e. The molecule has 0 aromatic heterocycles. The molecule has 0 saturated carbocycles. The van der Waals surface area contributed by atoms with E-state index in [-0.39, 0.29) is 5.75 Å². The van der Waals surface area contributed by atoms with Crippen LogP contribution in [0, 0.1) is 0 Å². The zero-order valence-electron chi connectivity index (χ0n) is 12.1. The molecule has 5 heteroatoms. The number of hydrogen-bond donors (Lipinski definition) is 0. The summed E-state index contributed by atoms with van der Waals surface area (Å²) in [5.74, 6) is 0.461. The molecule has 0 aliphatic heterocycles. The van der Waals surface area contributed by atoms with Gasteiger partial charge in [0, 0.05) is 6.16 Å². The van der Waals surface area contributed by atoms with Crippen LogP contribution in [0.5, 0.6) is 0 Å². The molecule has 1 aromatic carbocycles. The third kappa shape index (κ3) is 5.50. The topological polar surface area (TPSA) is 51.2 Å². The molecule has 3 nitrogen and oxygen atoms in total. The third-order valence-electron chi connectivity index (χ3n) is 3.02. The summed E-state index contributed by atoms with van der Waals surface area (Å²) < 4.78 is 35.8. The summed E-state index contributed by atoms with van der Waals surface area (Å²) in [4.78, 5) is 0.360. The predicted octanol–water partition coefficient (Wildman–Crippen LogP) is 3.60. The van der Waals surface area contributed by atoms with Gasteiger partial charge in [0.15, 0.2) is 9.84 Å². The second-order valence-corrected chi connectivity index (χ2v) is 11.4. The first-order chi connectivity index (χ1) is 8.62. The Morgan fingerprint density at radius 3 is 2.05 bits per heavy atom. The fourth-order valence-electron chi connectivity index (χ4n) is 1.81. The van der Waals surface area contributed by atoms with Crippen molar-refractivity contribution in [2.24, 2.45) is 0 Å². The zero-order valence-corrected chi connectivity index (χ0v) is 13.8. The molecule has 19 heavy (non-hydrogen) atoms. The highest BCUT2D eigenvalue weighted by atomic mass is 32.2. The molecule has 108 valence electrons. The van der Waals surface area contributed by atoms with Gasteiger partial charge in [-0.05, 0) is 43.4 Å². The fourth-order valence-corrected chi connectivity index (χ4v) is 4.26. The Kier molecular flexibility index (Phi) is 5.40. The number of hydrogen-bond acceptors (Lipinski definition) is 3. The van der Waals surface area contributed by atoms with Crippen molar-refractivity contribution < 1.29 is 13.0 Å². The molecule has 0 fully saturated rings. The lowest BCUT2D eigenvalue weighted by molar-refractivity contribution is 0.580. The fraction of sp³-hybridized carbons (Fsp3) is 0.571. The molecule has 0 spiro atoms. The van der Waals surface area contributed by atoms with Gasteiger partial charge in [0.2, 0.25) is 0 Å². The first-order valence-corrected chi connectivity index (χ1v) is 10.9. The van der Waals surface area contributed by atoms with Crippen LogP contribution in [-0.2, 0) is 14.4 Å². The first kappa shape index (κ1) is 16.5. The Balaban J connectivity index is 2.75. The largest absolute Gasteiger partial charge is 0.324 e. The van der Waals surface area contributed by atoms with Crippen LogP contribution >= 0.6 is 7.14 Å². The van der Waals surface area contributed by atoms with Gasteiger partial charge in [-0.25, -0.2) is 8.42 Å². The molecule has 0 unspecified atom stereocenters. The maximum absolute atomic E-state index is 12.1. The zero-order chi connectivity index (χ0) is 14.7. The van der Waals surface area contributed by atoms with Crippen LogP contribution in [0.15, 0.2) is 29.2 Å². The number of benzene rings is 1. The summed E-state index contributed by atoms with van der Waals surface area (Å²) in [6, 6.07) is 7.06. The monoisotopic (exact) mass is 302 g/mol. The number of sulfone groups is 1. The van der Waals surface area contributed by atoms with Gasteiger partial charge in [-0.3, -0.25) is 0 Å². The van der Waals surface area contributed by atoms with Crippen LogP contribution in [0.1, 0.15) is 31.7 Å². The Labute approximate surface area is 116 Å². The predicted molar refractivity (Wildman–Crippen MR) is 81.5 cm³/mol. The number of rotatable bonds is 6. The average molecular weight is 302 g/mol. The van der Waals surface area contributed by atoms with Crippen molar-refractivity contribution in [3.05, 3.63) is 29.8 Å². The van der Waals surface area contributed by atoms with Crippen molar-refractivity contribution in [3.63, 3.8) is 0 Å². The van der Waals surface area contributed by atoms with Gasteiger partial charge in [0.25, 0.3) is 0 Å². The van der Waals surface area contributed by atoms with Crippen molar-refractivity contribution in [1.29, 1.82) is 0 Å². The normalized spacial score (nSPS) is 12.9. The SMILES string of the molecule is CC(C)c1ccc(S(=O)(=O)CCCP(C)(C)=O)cc1. The molecule has 0 heterocycles. The third-order valence-corrected chi connectivity index (χ3v) is 6.23. The summed E-state index contributed by atoms with van der Waals surface area (Å²) in [5.41, 5.74) is 1.13. The lowest BCUT2D eigenvalue weighted by Crippen LogP contribution is -2.08. The molecule has 1 aromatic rings. The van der Waals surface area contributed by atoms with Crippen molar-refractivity contribution in [2.45, 2.75) is 31.1 Å². The molecule has 0 N–H and O–H groups in total. The molecule has 1 rings (SSSR count). The maximum atomic E-state index is 12.1. The average Bonchev–Trinajstić information content (AvgIpc) is 2.27. The first-order valence-electron chi connectivity index (χ1n) is 6.48. The standard InChI is InChI=1S/C14H23O3PS/c1-12(2)13-6-8-14(9-7-13)19(16,17)11-5-10-18(3,4)15/h6-9,12H,5,10-11H2,1-4H3. The van der Waals surface area contributed by atoms with E-state index in [0.717, 1.165) is 5.56 Å². The van der Waals surface area contributed by atoms with Gasteiger partial charge in [-0.2, -0.15) is 0 Å². The van der Waals surface area contributed by atoms with Gasteiger partial charge < -0.3 is 4.57 Å². The van der Waals surface area contributed by atoms with Crippen LogP contribution in [0.4, 0.5) is 0 Å². The lowest BCUT2D eigenvalue weighted by atomic mass is 10.0. The van der Waals surface area contributed by atoms with Gasteiger partial charge in [-0.1, -0.05) is 26.0 Å². The Bertz CT molecular complexity index is 553. The molecule has 0 aliphatic rings. The summed E-state index contributed by atoms with van der Waals surface area (Å²) in [7, 11) is -5.37. The molecule has 0 amide bonds. The van der Waals surface area contributed by atoms with E-state index < -0.39 is 17.0 Å². The second kappa shape index (κ2) is 6.23. The highest BCUT2D eigenvalue weighted by molar-refractivity contribution is 7.91. The highest BCUT2D eigenvalue weighted by Gasteiger charge is 2.16. The molecule has 0 bridgehead atoms. The Morgan fingerprint density at radius 1 is 1.11 bits per heavy atom. The summed E-state index contributed by atoms with van der Waals surface area (Å²) in [6.45, 7) is 7.53. The van der Waals surface area contributed by atoms with Crippen molar-refractivity contribution in [1.82, 2.24) is 0 Å². The van der Waals surface area contributed by atoms with E-state index >= 15 is 0 Å². The van der Waals surface area contributed by atoms with Crippen LogP contribution in [-0.4, -0.2) is 33.7 Å². The molecular weight excluding hydrogens is 279 g/mol. The lowest BCUT2D eigenvalue weighted by Gasteiger charge is -2.09. The summed E-state index contributed by atoms with van der Waals surface area (Å²) in [5, 5.41) is 0. The van der Waals surface area contributed by atoms with Crippen LogP contribution in [0.2, 0.25) is 0 Å².